The number of H-pyrrole nitrogens is 1. The van der Waals surface area contributed by atoms with Gasteiger partial charge >= 0.3 is 0 Å². The van der Waals surface area contributed by atoms with Crippen LogP contribution in [0.15, 0.2) is 24.4 Å². The van der Waals surface area contributed by atoms with Crippen LogP contribution in [0.5, 0.6) is 5.75 Å². The summed E-state index contributed by atoms with van der Waals surface area (Å²) in [5.41, 5.74) is 1.28. The Labute approximate surface area is 138 Å². The van der Waals surface area contributed by atoms with Crippen molar-refractivity contribution in [1.29, 1.82) is 0 Å². The van der Waals surface area contributed by atoms with E-state index in [1.54, 1.807) is 6.20 Å². The van der Waals surface area contributed by atoms with Crippen molar-refractivity contribution in [2.45, 2.75) is 44.8 Å². The second-order valence-corrected chi connectivity index (χ2v) is 6.10. The minimum Gasteiger partial charge on any atom is -0.490 e. The number of carbonyl (C=O) groups is 1. The maximum absolute atomic E-state index is 13.2. The predicted octanol–water partition coefficient (Wildman–Crippen LogP) is 3.12. The van der Waals surface area contributed by atoms with Gasteiger partial charge in [-0.25, -0.2) is 8.78 Å². The van der Waals surface area contributed by atoms with E-state index in [1.165, 1.54) is 12.1 Å². The number of ether oxygens (including phenoxy) is 1. The fraction of sp³-hybridized carbons (Fsp3) is 0.412. The first-order chi connectivity index (χ1) is 11.5. The molecule has 1 heterocycles. The van der Waals surface area contributed by atoms with Crippen molar-refractivity contribution in [3.8, 4) is 5.75 Å². The molecule has 1 saturated carbocycles. The Hall–Kier alpha value is -2.44. The van der Waals surface area contributed by atoms with Crippen LogP contribution in [0.25, 0.3) is 0 Å². The van der Waals surface area contributed by atoms with E-state index in [-0.39, 0.29) is 23.8 Å². The highest BCUT2D eigenvalue weighted by molar-refractivity contribution is 5.93. The van der Waals surface area contributed by atoms with Crippen LogP contribution < -0.4 is 10.1 Å². The van der Waals surface area contributed by atoms with Gasteiger partial charge in [0.2, 0.25) is 0 Å². The smallest absolute Gasteiger partial charge is 0.269 e. The van der Waals surface area contributed by atoms with Crippen molar-refractivity contribution >= 4 is 5.91 Å². The summed E-state index contributed by atoms with van der Waals surface area (Å²) in [5, 5.41) is 9.51. The van der Waals surface area contributed by atoms with E-state index in [4.69, 9.17) is 4.74 Å². The lowest BCUT2D eigenvalue weighted by Crippen LogP contribution is -2.40. The predicted molar refractivity (Wildman–Crippen MR) is 83.8 cm³/mol. The van der Waals surface area contributed by atoms with E-state index in [9.17, 15) is 13.6 Å². The molecule has 0 atom stereocenters. The third-order valence-electron chi connectivity index (χ3n) is 4.20. The summed E-state index contributed by atoms with van der Waals surface area (Å²) in [5.74, 6) is -1.27. The molecule has 0 bridgehead atoms. The fourth-order valence-electron chi connectivity index (χ4n) is 2.95. The molecule has 7 heteroatoms. The second-order valence-electron chi connectivity index (χ2n) is 6.10. The molecule has 3 rings (SSSR count). The number of hydrogen-bond donors (Lipinski definition) is 2. The van der Waals surface area contributed by atoms with Gasteiger partial charge in [0.15, 0.2) is 0 Å². The molecule has 1 aromatic carbocycles. The molecular weight excluding hydrogens is 316 g/mol. The monoisotopic (exact) mass is 335 g/mol. The van der Waals surface area contributed by atoms with Gasteiger partial charge in [-0.15, -0.1) is 0 Å². The average molecular weight is 335 g/mol. The van der Waals surface area contributed by atoms with Gasteiger partial charge < -0.3 is 10.1 Å². The molecule has 1 aliphatic carbocycles. The minimum atomic E-state index is -0.652. The SMILES string of the molecule is Cc1cn[nH]c1C(=O)NC1CCC(Oc2cc(F)cc(F)c2)CC1. The van der Waals surface area contributed by atoms with Crippen LogP contribution in [-0.2, 0) is 0 Å². The van der Waals surface area contributed by atoms with E-state index in [2.05, 4.69) is 15.5 Å². The molecular formula is C17H19F2N3O2. The molecule has 1 aromatic heterocycles. The average Bonchev–Trinajstić information content (AvgIpc) is 2.94. The number of aromatic nitrogens is 2. The number of benzene rings is 1. The first-order valence-electron chi connectivity index (χ1n) is 7.95. The third kappa shape index (κ3) is 3.90. The highest BCUT2D eigenvalue weighted by Crippen LogP contribution is 2.25. The van der Waals surface area contributed by atoms with Crippen molar-refractivity contribution in [3.63, 3.8) is 0 Å². The first-order valence-corrected chi connectivity index (χ1v) is 7.95. The number of nitrogens with zero attached hydrogens (tertiary/aromatic N) is 1. The summed E-state index contributed by atoms with van der Waals surface area (Å²) in [6.07, 6.45) is 4.43. The summed E-state index contributed by atoms with van der Waals surface area (Å²) in [6.45, 7) is 1.82. The van der Waals surface area contributed by atoms with Gasteiger partial charge in [-0.2, -0.15) is 5.10 Å². The summed E-state index contributed by atoms with van der Waals surface area (Å²) in [7, 11) is 0. The highest BCUT2D eigenvalue weighted by Gasteiger charge is 2.25. The molecule has 0 radical (unpaired) electrons. The number of amides is 1. The van der Waals surface area contributed by atoms with E-state index in [1.807, 2.05) is 6.92 Å². The van der Waals surface area contributed by atoms with Crippen LogP contribution in [-0.4, -0.2) is 28.3 Å². The molecule has 2 N–H and O–H groups in total. The lowest BCUT2D eigenvalue weighted by Gasteiger charge is -2.29. The number of rotatable bonds is 4. The van der Waals surface area contributed by atoms with E-state index < -0.39 is 11.6 Å². The van der Waals surface area contributed by atoms with Crippen LogP contribution in [0.1, 0.15) is 41.7 Å². The Bertz CT molecular complexity index is 704. The van der Waals surface area contributed by atoms with E-state index in [0.29, 0.717) is 18.5 Å². The Kier molecular flexibility index (Phi) is 4.78. The molecule has 1 fully saturated rings. The molecule has 0 saturated heterocycles. The molecule has 0 aliphatic heterocycles. The second kappa shape index (κ2) is 6.98. The molecule has 1 amide bonds. The summed E-state index contributed by atoms with van der Waals surface area (Å²) < 4.78 is 32.0. The number of aromatic amines is 1. The van der Waals surface area contributed by atoms with E-state index in [0.717, 1.165) is 24.5 Å². The maximum Gasteiger partial charge on any atom is 0.269 e. The standard InChI is InChI=1S/C17H19F2N3O2/c1-10-9-20-22-16(10)17(23)21-13-2-4-14(5-3-13)24-15-7-11(18)6-12(19)8-15/h6-9,13-14H,2-5H2,1H3,(H,20,22)(H,21,23). The zero-order chi connectivity index (χ0) is 17.1. The topological polar surface area (TPSA) is 67.0 Å². The van der Waals surface area contributed by atoms with Gasteiger partial charge in [0.1, 0.15) is 23.1 Å². The Morgan fingerprint density at radius 2 is 1.88 bits per heavy atom. The lowest BCUT2D eigenvalue weighted by molar-refractivity contribution is 0.0888. The van der Waals surface area contributed by atoms with Crippen molar-refractivity contribution in [2.24, 2.45) is 0 Å². The van der Waals surface area contributed by atoms with Crippen molar-refractivity contribution in [1.82, 2.24) is 15.5 Å². The van der Waals surface area contributed by atoms with Crippen LogP contribution >= 0.6 is 0 Å². The summed E-state index contributed by atoms with van der Waals surface area (Å²) in [6, 6.07) is 3.23. The maximum atomic E-state index is 13.2. The number of nitrogens with one attached hydrogen (secondary N) is 2. The molecule has 1 aliphatic rings. The van der Waals surface area contributed by atoms with E-state index >= 15 is 0 Å². The van der Waals surface area contributed by atoms with Crippen LogP contribution in [0.2, 0.25) is 0 Å². The lowest BCUT2D eigenvalue weighted by atomic mass is 9.92. The van der Waals surface area contributed by atoms with Crippen LogP contribution in [0, 0.1) is 18.6 Å². The highest BCUT2D eigenvalue weighted by atomic mass is 19.1. The Balaban J connectivity index is 1.50. The van der Waals surface area contributed by atoms with Gasteiger partial charge in [0.05, 0.1) is 12.3 Å². The third-order valence-corrected chi connectivity index (χ3v) is 4.20. The van der Waals surface area contributed by atoms with Gasteiger partial charge in [0, 0.05) is 24.2 Å². The molecule has 5 nitrogen and oxygen atoms in total. The molecule has 2 aromatic rings. The molecule has 24 heavy (non-hydrogen) atoms. The quantitative estimate of drug-likeness (QED) is 0.902. The molecule has 0 unspecified atom stereocenters. The number of aryl methyl sites for hydroxylation is 1. The zero-order valence-electron chi connectivity index (χ0n) is 13.3. The van der Waals surface area contributed by atoms with Gasteiger partial charge in [0.25, 0.3) is 5.91 Å². The fourth-order valence-corrected chi connectivity index (χ4v) is 2.95. The Morgan fingerprint density at radius 1 is 1.21 bits per heavy atom. The first kappa shape index (κ1) is 16.4. The van der Waals surface area contributed by atoms with Gasteiger partial charge in [-0.05, 0) is 38.2 Å². The van der Waals surface area contributed by atoms with Crippen molar-refractivity contribution < 1.29 is 18.3 Å². The van der Waals surface area contributed by atoms with Crippen molar-refractivity contribution in [2.75, 3.05) is 0 Å². The number of hydrogen-bond acceptors (Lipinski definition) is 3. The zero-order valence-corrected chi connectivity index (χ0v) is 13.3. The van der Waals surface area contributed by atoms with Crippen molar-refractivity contribution in [3.05, 3.63) is 47.3 Å². The van der Waals surface area contributed by atoms with Crippen LogP contribution in [0.4, 0.5) is 8.78 Å². The van der Waals surface area contributed by atoms with Gasteiger partial charge in [-0.1, -0.05) is 0 Å². The minimum absolute atomic E-state index is 0.0595. The normalized spacial score (nSPS) is 20.6. The number of halogens is 2. The largest absolute Gasteiger partial charge is 0.490 e. The molecule has 128 valence electrons. The molecule has 0 spiro atoms. The summed E-state index contributed by atoms with van der Waals surface area (Å²) >= 11 is 0. The van der Waals surface area contributed by atoms with Gasteiger partial charge in [-0.3, -0.25) is 9.89 Å². The van der Waals surface area contributed by atoms with Crippen LogP contribution in [0.3, 0.4) is 0 Å². The Morgan fingerprint density at radius 3 is 2.46 bits per heavy atom. The summed E-state index contributed by atoms with van der Waals surface area (Å²) in [4.78, 5) is 12.1. The number of carbonyl (C=O) groups excluding carboxylic acids is 1.